The van der Waals surface area contributed by atoms with E-state index in [1.807, 2.05) is 0 Å². The van der Waals surface area contributed by atoms with Crippen LogP contribution < -0.4 is 0 Å². The van der Waals surface area contributed by atoms with E-state index in [4.69, 9.17) is 5.11 Å². The first-order valence-electron chi connectivity index (χ1n) is 3.99. The minimum atomic E-state index is -3.34. The molecule has 0 amide bonds. The van der Waals surface area contributed by atoms with Gasteiger partial charge in [0.2, 0.25) is 0 Å². The molecule has 0 aromatic heterocycles. The molecule has 0 spiro atoms. The molecule has 0 radical (unpaired) electrons. The first kappa shape index (κ1) is 10.2. The van der Waals surface area contributed by atoms with Gasteiger partial charge in [-0.05, 0) is 19.1 Å². The highest BCUT2D eigenvalue weighted by molar-refractivity contribution is 7.92. The second kappa shape index (κ2) is 3.89. The quantitative estimate of drug-likeness (QED) is 0.786. The summed E-state index contributed by atoms with van der Waals surface area (Å²) in [4.78, 5) is 0.261. The summed E-state index contributed by atoms with van der Waals surface area (Å²) in [5.41, 5.74) is 0. The zero-order valence-electron chi connectivity index (χ0n) is 7.34. The predicted octanol–water partition coefficient (Wildman–Crippen LogP) is 0.841. The normalized spacial score (nSPS) is 14.0. The van der Waals surface area contributed by atoms with Gasteiger partial charge in [0, 0.05) is 0 Å². The summed E-state index contributed by atoms with van der Waals surface area (Å²) in [6, 6.07) is 8.14. The van der Waals surface area contributed by atoms with Crippen molar-refractivity contribution in [3.05, 3.63) is 30.3 Å². The summed E-state index contributed by atoms with van der Waals surface area (Å²) >= 11 is 0. The van der Waals surface area contributed by atoms with E-state index in [1.54, 1.807) is 18.2 Å². The lowest BCUT2D eigenvalue weighted by molar-refractivity contribution is 0.295. The van der Waals surface area contributed by atoms with Crippen LogP contribution in [0, 0.1) is 0 Å². The number of aliphatic hydroxyl groups is 1. The van der Waals surface area contributed by atoms with Gasteiger partial charge >= 0.3 is 0 Å². The monoisotopic (exact) mass is 200 g/mol. The lowest BCUT2D eigenvalue weighted by Crippen LogP contribution is -2.21. The van der Waals surface area contributed by atoms with E-state index in [0.29, 0.717) is 0 Å². The van der Waals surface area contributed by atoms with Crippen LogP contribution in [0.25, 0.3) is 0 Å². The highest BCUT2D eigenvalue weighted by Gasteiger charge is 2.21. The largest absolute Gasteiger partial charge is 0.395 e. The molecule has 0 unspecified atom stereocenters. The molecule has 0 fully saturated rings. The topological polar surface area (TPSA) is 54.4 Å². The molecule has 1 rings (SSSR count). The molecule has 0 aliphatic heterocycles. The summed E-state index contributed by atoms with van der Waals surface area (Å²) in [5, 5.41) is 8.01. The molecule has 0 aliphatic rings. The second-order valence-corrected chi connectivity index (χ2v) is 5.22. The van der Waals surface area contributed by atoms with Crippen LogP contribution >= 0.6 is 0 Å². The van der Waals surface area contributed by atoms with Crippen molar-refractivity contribution in [2.24, 2.45) is 0 Å². The summed E-state index contributed by atoms with van der Waals surface area (Å²) in [5.74, 6) is 0. The van der Waals surface area contributed by atoms with Gasteiger partial charge in [0.1, 0.15) is 0 Å². The molecule has 1 atom stereocenters. The lowest BCUT2D eigenvalue weighted by atomic mass is 10.4. The van der Waals surface area contributed by atoms with Gasteiger partial charge in [-0.1, -0.05) is 18.2 Å². The molecule has 4 heteroatoms. The molecule has 0 heterocycles. The Balaban J connectivity index is 3.09. The third-order valence-electron chi connectivity index (χ3n) is 1.86. The van der Waals surface area contributed by atoms with Crippen LogP contribution in [0.3, 0.4) is 0 Å². The summed E-state index contributed by atoms with van der Waals surface area (Å²) in [7, 11) is -3.34. The lowest BCUT2D eigenvalue weighted by Gasteiger charge is -2.09. The average molecular weight is 200 g/mol. The number of sulfone groups is 1. The van der Waals surface area contributed by atoms with Gasteiger partial charge in [0.05, 0.1) is 16.8 Å². The molecule has 1 aromatic rings. The van der Waals surface area contributed by atoms with Crippen molar-refractivity contribution in [1.82, 2.24) is 0 Å². The number of rotatable bonds is 3. The van der Waals surface area contributed by atoms with Crippen molar-refractivity contribution >= 4 is 9.84 Å². The molecular weight excluding hydrogens is 188 g/mol. The van der Waals surface area contributed by atoms with Crippen LogP contribution in [0.2, 0.25) is 0 Å². The highest BCUT2D eigenvalue weighted by Crippen LogP contribution is 2.14. The Labute approximate surface area is 77.9 Å². The number of aliphatic hydroxyl groups excluding tert-OH is 1. The smallest absolute Gasteiger partial charge is 0.183 e. The Kier molecular flexibility index (Phi) is 3.06. The zero-order valence-corrected chi connectivity index (χ0v) is 8.16. The summed E-state index contributed by atoms with van der Waals surface area (Å²) in [6.45, 7) is 1.14. The van der Waals surface area contributed by atoms with Gasteiger partial charge in [-0.3, -0.25) is 0 Å². The first-order chi connectivity index (χ1) is 6.09. The number of hydrogen-bond acceptors (Lipinski definition) is 3. The highest BCUT2D eigenvalue weighted by atomic mass is 32.2. The average Bonchev–Trinajstić information content (AvgIpc) is 2.18. The Morgan fingerprint density at radius 1 is 1.31 bits per heavy atom. The Morgan fingerprint density at radius 2 is 1.85 bits per heavy atom. The van der Waals surface area contributed by atoms with Crippen molar-refractivity contribution in [3.8, 4) is 0 Å². The fourth-order valence-electron chi connectivity index (χ4n) is 0.941. The van der Waals surface area contributed by atoms with Crippen molar-refractivity contribution in [3.63, 3.8) is 0 Å². The molecule has 72 valence electrons. The SMILES string of the molecule is C[C@@H](CO)S(=O)(=O)c1ccccc1. The maximum absolute atomic E-state index is 11.6. The third-order valence-corrected chi connectivity index (χ3v) is 4.00. The van der Waals surface area contributed by atoms with Gasteiger partial charge in [0.25, 0.3) is 0 Å². The van der Waals surface area contributed by atoms with E-state index < -0.39 is 15.1 Å². The molecule has 3 nitrogen and oxygen atoms in total. The van der Waals surface area contributed by atoms with Crippen LogP contribution in [-0.4, -0.2) is 25.4 Å². The molecule has 1 aromatic carbocycles. The third kappa shape index (κ3) is 2.08. The van der Waals surface area contributed by atoms with E-state index in [9.17, 15) is 8.42 Å². The molecule has 13 heavy (non-hydrogen) atoms. The van der Waals surface area contributed by atoms with Crippen molar-refractivity contribution in [2.45, 2.75) is 17.1 Å². The van der Waals surface area contributed by atoms with Crippen LogP contribution in [0.5, 0.6) is 0 Å². The van der Waals surface area contributed by atoms with Crippen LogP contribution in [0.1, 0.15) is 6.92 Å². The maximum Gasteiger partial charge on any atom is 0.183 e. The Morgan fingerprint density at radius 3 is 2.31 bits per heavy atom. The van der Waals surface area contributed by atoms with Gasteiger partial charge < -0.3 is 5.11 Å². The van der Waals surface area contributed by atoms with E-state index in [1.165, 1.54) is 19.1 Å². The van der Waals surface area contributed by atoms with Gasteiger partial charge in [-0.25, -0.2) is 8.42 Å². The van der Waals surface area contributed by atoms with E-state index in [0.717, 1.165) is 0 Å². The van der Waals surface area contributed by atoms with E-state index in [-0.39, 0.29) is 11.5 Å². The molecule has 0 saturated heterocycles. The minimum absolute atomic E-state index is 0.261. The van der Waals surface area contributed by atoms with E-state index >= 15 is 0 Å². The zero-order chi connectivity index (χ0) is 9.90. The summed E-state index contributed by atoms with van der Waals surface area (Å²) < 4.78 is 23.2. The second-order valence-electron chi connectivity index (χ2n) is 2.85. The summed E-state index contributed by atoms with van der Waals surface area (Å²) in [6.07, 6.45) is 0. The van der Waals surface area contributed by atoms with Crippen LogP contribution in [-0.2, 0) is 9.84 Å². The van der Waals surface area contributed by atoms with E-state index in [2.05, 4.69) is 0 Å². The van der Waals surface area contributed by atoms with Gasteiger partial charge in [0.15, 0.2) is 9.84 Å². The van der Waals surface area contributed by atoms with Gasteiger partial charge in [-0.2, -0.15) is 0 Å². The van der Waals surface area contributed by atoms with Crippen LogP contribution in [0.15, 0.2) is 35.2 Å². The predicted molar refractivity (Wildman–Crippen MR) is 50.2 cm³/mol. The minimum Gasteiger partial charge on any atom is -0.395 e. The standard InChI is InChI=1S/C9H12O3S/c1-8(7-10)13(11,12)9-5-3-2-4-6-9/h2-6,8,10H,7H2,1H3/t8-/m0/s1. The molecule has 0 saturated carbocycles. The van der Waals surface area contributed by atoms with Crippen LogP contribution in [0.4, 0.5) is 0 Å². The first-order valence-corrected chi connectivity index (χ1v) is 5.53. The Hall–Kier alpha value is -0.870. The Bertz CT molecular complexity index is 356. The van der Waals surface area contributed by atoms with Gasteiger partial charge in [-0.15, -0.1) is 0 Å². The molecule has 0 aliphatic carbocycles. The molecule has 0 bridgehead atoms. The fourth-order valence-corrected chi connectivity index (χ4v) is 2.14. The van der Waals surface area contributed by atoms with Crippen molar-refractivity contribution in [2.75, 3.05) is 6.61 Å². The van der Waals surface area contributed by atoms with Crippen molar-refractivity contribution in [1.29, 1.82) is 0 Å². The molecular formula is C9H12O3S. The number of benzene rings is 1. The number of hydrogen-bond donors (Lipinski definition) is 1. The maximum atomic E-state index is 11.6. The van der Waals surface area contributed by atoms with Crippen molar-refractivity contribution < 1.29 is 13.5 Å². The fraction of sp³-hybridized carbons (Fsp3) is 0.333. The molecule has 1 N–H and O–H groups in total.